The molecule has 2 N–H and O–H groups in total. The number of rotatable bonds is 0. The van der Waals surface area contributed by atoms with E-state index < -0.39 is 0 Å². The molecule has 0 aromatic carbocycles. The summed E-state index contributed by atoms with van der Waals surface area (Å²) in [7, 11) is 3.25. The molecule has 0 aliphatic rings. The van der Waals surface area contributed by atoms with Crippen molar-refractivity contribution in [2.24, 2.45) is 0 Å². The Morgan fingerprint density at radius 2 is 1.25 bits per heavy atom. The van der Waals surface area contributed by atoms with Crippen LogP contribution < -0.4 is 0 Å². The van der Waals surface area contributed by atoms with Gasteiger partial charge in [-0.3, -0.25) is 0 Å². The minimum atomic E-state index is 0. The first-order chi connectivity index (χ1) is 1.00. The summed E-state index contributed by atoms with van der Waals surface area (Å²) in [4.78, 5) is 0. The van der Waals surface area contributed by atoms with Crippen LogP contribution in [0.5, 0.6) is 0 Å². The van der Waals surface area contributed by atoms with Crippen LogP contribution in [-0.4, -0.2) is 21.6 Å². The molecule has 20 valence electrons. The van der Waals surface area contributed by atoms with Gasteiger partial charge in [0.15, 0.2) is 0 Å². The van der Waals surface area contributed by atoms with Crippen LogP contribution in [0.3, 0.4) is 0 Å². The second-order valence-electron chi connectivity index (χ2n) is 0. The van der Waals surface area contributed by atoms with Gasteiger partial charge in [0.2, 0.25) is 0 Å². The summed E-state index contributed by atoms with van der Waals surface area (Å²) in [5.41, 5.74) is 0. The summed E-state index contributed by atoms with van der Waals surface area (Å²) in [5, 5.41) is 0. The topological polar surface area (TPSA) is 48.6 Å². The van der Waals surface area contributed by atoms with E-state index >= 15 is 0 Å². The molecule has 0 rings (SSSR count). The normalized spacial score (nSPS) is 0.750. The third kappa shape index (κ3) is 123. The number of hydrogen-bond donors (Lipinski definition) is 0. The van der Waals surface area contributed by atoms with Crippen molar-refractivity contribution >= 4 is 16.1 Å². The summed E-state index contributed by atoms with van der Waals surface area (Å²) in [6.07, 6.45) is 0. The van der Waals surface area contributed by atoms with E-state index in [1.54, 1.807) is 0 Å². The van der Waals surface area contributed by atoms with E-state index in [9.17, 15) is 0 Å². The molecule has 0 heterocycles. The Bertz CT molecular complexity index is 4.00. The van der Waals surface area contributed by atoms with E-state index in [2.05, 4.69) is 7.72 Å². The van der Waals surface area contributed by atoms with Crippen molar-refractivity contribution < 1.29 is 10.2 Å². The van der Waals surface area contributed by atoms with Crippen molar-refractivity contribution in [1.29, 1.82) is 0 Å². The molecule has 0 unspecified atom stereocenters. The fourth-order valence-corrected chi connectivity index (χ4v) is 0. The van der Waals surface area contributed by atoms with Crippen LogP contribution in [0.2, 0.25) is 0 Å². The van der Waals surface area contributed by atoms with Crippen LogP contribution in [0.4, 0.5) is 0 Å². The molecule has 0 amide bonds. The molecule has 2 nitrogen and oxygen atoms in total. The van der Waals surface area contributed by atoms with Gasteiger partial charge in [0, 0.05) is 8.41 Å². The molecule has 0 aliphatic heterocycles. The number of hydrogen-bond acceptors (Lipinski definition) is 1. The Morgan fingerprint density at radius 1 is 1.25 bits per heavy atom. The van der Waals surface area contributed by atoms with Gasteiger partial charge in [0.25, 0.3) is 0 Å². The van der Waals surface area contributed by atoms with Crippen molar-refractivity contribution in [2.75, 3.05) is 0 Å². The Kier molecular flexibility index (Phi) is 8730. The summed E-state index contributed by atoms with van der Waals surface area (Å²) < 4.78 is 7.75. The second kappa shape index (κ2) is 851. The Balaban J connectivity index is -0.00000000500. The predicted molar refractivity (Wildman–Crippen MR) is 15.8 cm³/mol. The van der Waals surface area contributed by atoms with E-state index in [-0.39, 0.29) is 13.9 Å². The third-order valence-electron chi connectivity index (χ3n) is 0. The summed E-state index contributed by atoms with van der Waals surface area (Å²) >= 11 is 0. The molecule has 0 bridgehead atoms. The molecule has 4 radical (unpaired) electrons. The molecule has 0 aliphatic carbocycles. The molecular weight excluding hydrogens is 53.6 g/mol. The quantitative estimate of drug-likeness (QED) is 0.305. The first kappa shape index (κ1) is 41.0. The molecule has 0 atom stereocenters. The van der Waals surface area contributed by atoms with Gasteiger partial charge in [-0.2, -0.15) is 0 Å². The van der Waals surface area contributed by atoms with E-state index in [0.717, 1.165) is 0 Å². The predicted octanol–water partition coefficient (Wildman–Crippen LogP) is -1.71. The van der Waals surface area contributed by atoms with E-state index in [0.29, 0.717) is 0 Å². The van der Waals surface area contributed by atoms with Crippen LogP contribution in [-0.2, 0) is 4.70 Å². The van der Waals surface area contributed by atoms with Crippen LogP contribution in [0.25, 0.3) is 0 Å². The maximum atomic E-state index is 7.75. The SMILES string of the molecule is O.[B].[B]=O. The molecular formula is H2B2O2. The van der Waals surface area contributed by atoms with Crippen LogP contribution in [0.15, 0.2) is 0 Å². The molecule has 0 aromatic rings. The summed E-state index contributed by atoms with van der Waals surface area (Å²) in [6, 6.07) is 0. The maximum absolute atomic E-state index is 7.75. The van der Waals surface area contributed by atoms with Crippen LogP contribution in [0, 0.1) is 0 Å². The van der Waals surface area contributed by atoms with Crippen molar-refractivity contribution in [3.05, 3.63) is 0 Å². The summed E-state index contributed by atoms with van der Waals surface area (Å²) in [6.45, 7) is 0. The van der Waals surface area contributed by atoms with Gasteiger partial charge in [-0.15, -0.1) is 0 Å². The van der Waals surface area contributed by atoms with Crippen molar-refractivity contribution in [1.82, 2.24) is 0 Å². The Hall–Kier alpha value is -0.110. The summed E-state index contributed by atoms with van der Waals surface area (Å²) in [5.74, 6) is 0. The Labute approximate surface area is 27.5 Å². The van der Waals surface area contributed by atoms with Gasteiger partial charge in [-0.1, -0.05) is 0 Å². The average molecular weight is 55.6 g/mol. The van der Waals surface area contributed by atoms with Gasteiger partial charge >= 0.3 is 12.4 Å². The van der Waals surface area contributed by atoms with Gasteiger partial charge < -0.3 is 5.48 Å². The average Bonchev–Trinajstić information content (AvgIpc) is 1.00. The fraction of sp³-hybridized carbons (Fsp3) is 0. The Morgan fingerprint density at radius 3 is 1.25 bits per heavy atom. The first-order valence-electron chi connectivity index (χ1n) is 0.236. The molecule has 0 spiro atoms. The molecule has 0 aromatic heterocycles. The monoisotopic (exact) mass is 56.0 g/mol. The van der Waals surface area contributed by atoms with Crippen LogP contribution in [0.1, 0.15) is 0 Å². The van der Waals surface area contributed by atoms with Gasteiger partial charge in [-0.05, 0) is 0 Å². The third-order valence-corrected chi connectivity index (χ3v) is 0. The first-order valence-corrected chi connectivity index (χ1v) is 0.236. The van der Waals surface area contributed by atoms with E-state index in [1.807, 2.05) is 0 Å². The minimum absolute atomic E-state index is 0. The molecule has 0 saturated carbocycles. The van der Waals surface area contributed by atoms with Gasteiger partial charge in [0.05, 0.1) is 0 Å². The molecule has 4 heteroatoms. The van der Waals surface area contributed by atoms with E-state index in [1.165, 1.54) is 0 Å². The van der Waals surface area contributed by atoms with Gasteiger partial charge in [0.1, 0.15) is 0 Å². The second-order valence-corrected chi connectivity index (χ2v) is 0. The van der Waals surface area contributed by atoms with Gasteiger partial charge in [-0.25, -0.2) is 0 Å². The zero-order chi connectivity index (χ0) is 2.00. The standard InChI is InChI=1S/BO.B.H2O/c1-2;;/h;;1H2. The zero-order valence-corrected chi connectivity index (χ0v) is 2.06. The fourth-order valence-electron chi connectivity index (χ4n) is 0. The van der Waals surface area contributed by atoms with Crippen molar-refractivity contribution in [3.63, 3.8) is 0 Å². The van der Waals surface area contributed by atoms with Crippen LogP contribution >= 0.6 is 0 Å². The van der Waals surface area contributed by atoms with Crippen molar-refractivity contribution in [3.8, 4) is 0 Å². The molecule has 0 saturated heterocycles. The molecule has 4 heavy (non-hydrogen) atoms. The molecule has 0 fully saturated rings. The zero-order valence-electron chi connectivity index (χ0n) is 2.06. The van der Waals surface area contributed by atoms with Crippen molar-refractivity contribution in [2.45, 2.75) is 0 Å². The van der Waals surface area contributed by atoms with E-state index in [4.69, 9.17) is 4.70 Å².